The molecule has 0 bridgehead atoms. The van der Waals surface area contributed by atoms with Crippen molar-refractivity contribution in [1.29, 1.82) is 0 Å². The minimum absolute atomic E-state index is 0.0374. The number of nitrogens with zero attached hydrogens (tertiary/aromatic N) is 1. The van der Waals surface area contributed by atoms with Crippen LogP contribution in [0.25, 0.3) is 10.9 Å². The third kappa shape index (κ3) is 2.82. The Labute approximate surface area is 108 Å². The fraction of sp³-hybridized carbons (Fsp3) is 0.231. The third-order valence-corrected chi connectivity index (χ3v) is 3.56. The predicted octanol–water partition coefficient (Wildman–Crippen LogP) is 3.35. The maximum atomic E-state index is 11.7. The second-order valence-electron chi connectivity index (χ2n) is 3.78. The molecule has 0 fully saturated rings. The maximum absolute atomic E-state index is 11.7. The molecule has 1 aromatic heterocycles. The lowest BCUT2D eigenvalue weighted by atomic mass is 10.2. The Morgan fingerprint density at radius 3 is 3.00 bits per heavy atom. The first-order valence-corrected chi connectivity index (χ1v) is 6.42. The monoisotopic (exact) mass is 292 g/mol. The lowest BCUT2D eigenvalue weighted by Crippen LogP contribution is -2.21. The zero-order valence-electron chi connectivity index (χ0n) is 9.48. The molecule has 1 atom stereocenters. The summed E-state index contributed by atoms with van der Waals surface area (Å²) in [5.41, 5.74) is 1.66. The third-order valence-electron chi connectivity index (χ3n) is 2.50. The topological polar surface area (TPSA) is 42.0 Å². The van der Waals surface area contributed by atoms with Crippen molar-refractivity contribution in [1.82, 2.24) is 4.98 Å². The first kappa shape index (κ1) is 12.0. The van der Waals surface area contributed by atoms with Gasteiger partial charge < -0.3 is 5.32 Å². The number of pyridine rings is 1. The maximum Gasteiger partial charge on any atom is 0.238 e. The molecule has 0 spiro atoms. The first-order valence-electron chi connectivity index (χ1n) is 5.50. The quantitative estimate of drug-likeness (QED) is 0.882. The van der Waals surface area contributed by atoms with Gasteiger partial charge in [0.25, 0.3) is 0 Å². The summed E-state index contributed by atoms with van der Waals surface area (Å²) in [5.74, 6) is -0.0374. The standard InChI is InChI=1S/C13H13BrN2O/c1-2-11(14)13(17)16-10-7-9-5-3-4-6-12(9)15-8-10/h3-8,11H,2H2,1H3,(H,16,17)/t11-/m1/s1. The molecule has 0 unspecified atom stereocenters. The van der Waals surface area contributed by atoms with Gasteiger partial charge in [0.15, 0.2) is 0 Å². The van der Waals surface area contributed by atoms with Crippen LogP contribution in [0.5, 0.6) is 0 Å². The lowest BCUT2D eigenvalue weighted by Gasteiger charge is -2.08. The predicted molar refractivity (Wildman–Crippen MR) is 73.4 cm³/mol. The van der Waals surface area contributed by atoms with Gasteiger partial charge in [-0.2, -0.15) is 0 Å². The van der Waals surface area contributed by atoms with Gasteiger partial charge in [-0.05, 0) is 18.6 Å². The number of hydrogen-bond donors (Lipinski definition) is 1. The summed E-state index contributed by atoms with van der Waals surface area (Å²) < 4.78 is 0. The molecule has 0 aliphatic carbocycles. The molecule has 0 aliphatic rings. The van der Waals surface area contributed by atoms with Crippen molar-refractivity contribution in [3.05, 3.63) is 36.5 Å². The van der Waals surface area contributed by atoms with Crippen LogP contribution >= 0.6 is 15.9 Å². The lowest BCUT2D eigenvalue weighted by molar-refractivity contribution is -0.115. The zero-order chi connectivity index (χ0) is 12.3. The molecular formula is C13H13BrN2O. The van der Waals surface area contributed by atoms with Crippen LogP contribution in [0.3, 0.4) is 0 Å². The van der Waals surface area contributed by atoms with Gasteiger partial charge in [0.1, 0.15) is 0 Å². The van der Waals surface area contributed by atoms with E-state index in [0.717, 1.165) is 23.0 Å². The van der Waals surface area contributed by atoms with Crippen LogP contribution < -0.4 is 5.32 Å². The number of anilines is 1. The number of carbonyl (C=O) groups excluding carboxylic acids is 1. The summed E-state index contributed by atoms with van der Waals surface area (Å²) in [7, 11) is 0. The van der Waals surface area contributed by atoms with Crippen molar-refractivity contribution < 1.29 is 4.79 Å². The summed E-state index contributed by atoms with van der Waals surface area (Å²) in [6.45, 7) is 1.96. The van der Waals surface area contributed by atoms with Crippen LogP contribution in [0.4, 0.5) is 5.69 Å². The number of rotatable bonds is 3. The largest absolute Gasteiger partial charge is 0.324 e. The van der Waals surface area contributed by atoms with Gasteiger partial charge in [0.05, 0.1) is 22.2 Å². The zero-order valence-corrected chi connectivity index (χ0v) is 11.1. The number of halogens is 1. The Hall–Kier alpha value is -1.42. The SMILES string of the molecule is CC[C@@H](Br)C(=O)Nc1cnc2ccccc2c1. The van der Waals surface area contributed by atoms with Crippen LogP contribution in [0, 0.1) is 0 Å². The number of alkyl halides is 1. The van der Waals surface area contributed by atoms with Gasteiger partial charge in [-0.25, -0.2) is 0 Å². The van der Waals surface area contributed by atoms with Crippen LogP contribution in [-0.2, 0) is 4.79 Å². The van der Waals surface area contributed by atoms with Gasteiger partial charge in [-0.15, -0.1) is 0 Å². The van der Waals surface area contributed by atoms with E-state index in [0.29, 0.717) is 0 Å². The molecule has 0 saturated carbocycles. The fourth-order valence-corrected chi connectivity index (χ4v) is 1.66. The molecule has 0 saturated heterocycles. The number of nitrogens with one attached hydrogen (secondary N) is 1. The number of carbonyl (C=O) groups is 1. The molecule has 1 N–H and O–H groups in total. The molecule has 2 aromatic rings. The number of hydrogen-bond acceptors (Lipinski definition) is 2. The Kier molecular flexibility index (Phi) is 3.74. The van der Waals surface area contributed by atoms with E-state index in [1.807, 2.05) is 37.3 Å². The number of amides is 1. The summed E-state index contributed by atoms with van der Waals surface area (Å²) in [5, 5.41) is 3.86. The van der Waals surface area contributed by atoms with Crippen LogP contribution in [0.1, 0.15) is 13.3 Å². The summed E-state index contributed by atoms with van der Waals surface area (Å²) in [4.78, 5) is 15.8. The molecule has 3 nitrogen and oxygen atoms in total. The molecule has 17 heavy (non-hydrogen) atoms. The molecule has 2 rings (SSSR count). The second kappa shape index (κ2) is 5.27. The van der Waals surface area contributed by atoms with Crippen molar-refractivity contribution in [3.63, 3.8) is 0 Å². The summed E-state index contributed by atoms with van der Waals surface area (Å²) in [6, 6.07) is 9.74. The van der Waals surface area contributed by atoms with Crippen molar-refractivity contribution in [2.75, 3.05) is 5.32 Å². The highest BCUT2D eigenvalue weighted by Crippen LogP contribution is 2.17. The second-order valence-corrected chi connectivity index (χ2v) is 4.89. The van der Waals surface area contributed by atoms with Crippen molar-refractivity contribution in [2.24, 2.45) is 0 Å². The number of aromatic nitrogens is 1. The highest BCUT2D eigenvalue weighted by Gasteiger charge is 2.12. The smallest absolute Gasteiger partial charge is 0.238 e. The minimum atomic E-state index is -0.158. The molecule has 1 amide bonds. The first-order chi connectivity index (χ1) is 8.20. The van der Waals surface area contributed by atoms with E-state index in [1.54, 1.807) is 6.20 Å². The molecule has 88 valence electrons. The normalized spacial score (nSPS) is 12.4. The Morgan fingerprint density at radius 1 is 1.47 bits per heavy atom. The van der Waals surface area contributed by atoms with Crippen molar-refractivity contribution >= 4 is 38.4 Å². The summed E-state index contributed by atoms with van der Waals surface area (Å²) >= 11 is 3.32. The van der Waals surface area contributed by atoms with Crippen molar-refractivity contribution in [2.45, 2.75) is 18.2 Å². The average molecular weight is 293 g/mol. The van der Waals surface area contributed by atoms with Crippen LogP contribution in [0.2, 0.25) is 0 Å². The number of benzene rings is 1. The van der Waals surface area contributed by atoms with Gasteiger partial charge in [-0.1, -0.05) is 41.1 Å². The minimum Gasteiger partial charge on any atom is -0.324 e. The van der Waals surface area contributed by atoms with E-state index in [-0.39, 0.29) is 10.7 Å². The number of fused-ring (bicyclic) bond motifs is 1. The fourth-order valence-electron chi connectivity index (χ4n) is 1.55. The highest BCUT2D eigenvalue weighted by molar-refractivity contribution is 9.10. The molecular weight excluding hydrogens is 280 g/mol. The van der Waals surface area contributed by atoms with E-state index in [9.17, 15) is 4.79 Å². The highest BCUT2D eigenvalue weighted by atomic mass is 79.9. The van der Waals surface area contributed by atoms with E-state index in [2.05, 4.69) is 26.2 Å². The Bertz CT molecular complexity index is 542. The van der Waals surface area contributed by atoms with Gasteiger partial charge in [0.2, 0.25) is 5.91 Å². The molecule has 4 heteroatoms. The van der Waals surface area contributed by atoms with Crippen molar-refractivity contribution in [3.8, 4) is 0 Å². The molecule has 1 heterocycles. The van der Waals surface area contributed by atoms with Gasteiger partial charge >= 0.3 is 0 Å². The van der Waals surface area contributed by atoms with E-state index in [1.165, 1.54) is 0 Å². The Balaban J connectivity index is 2.22. The molecule has 1 aromatic carbocycles. The Morgan fingerprint density at radius 2 is 2.24 bits per heavy atom. The van der Waals surface area contributed by atoms with E-state index < -0.39 is 0 Å². The van der Waals surface area contributed by atoms with Crippen LogP contribution in [-0.4, -0.2) is 15.7 Å². The van der Waals surface area contributed by atoms with Crippen LogP contribution in [0.15, 0.2) is 36.5 Å². The van der Waals surface area contributed by atoms with E-state index >= 15 is 0 Å². The number of para-hydroxylation sites is 1. The molecule has 0 aliphatic heterocycles. The van der Waals surface area contributed by atoms with Gasteiger partial charge in [-0.3, -0.25) is 9.78 Å². The average Bonchev–Trinajstić information content (AvgIpc) is 2.37. The summed E-state index contributed by atoms with van der Waals surface area (Å²) in [6.07, 6.45) is 2.43. The van der Waals surface area contributed by atoms with E-state index in [4.69, 9.17) is 0 Å². The molecule has 0 radical (unpaired) electrons. The van der Waals surface area contributed by atoms with Gasteiger partial charge in [0, 0.05) is 5.39 Å².